The van der Waals surface area contributed by atoms with E-state index in [0.717, 1.165) is 42.3 Å². The molecule has 0 saturated carbocycles. The van der Waals surface area contributed by atoms with Crippen LogP contribution in [0.25, 0.3) is 11.0 Å². The quantitative estimate of drug-likeness (QED) is 0.916. The van der Waals surface area contributed by atoms with Crippen LogP contribution in [-0.4, -0.2) is 42.8 Å². The molecule has 112 valence electrons. The van der Waals surface area contributed by atoms with E-state index >= 15 is 0 Å². The molecule has 1 aromatic heterocycles. The minimum Gasteiger partial charge on any atom is -0.380 e. The van der Waals surface area contributed by atoms with Gasteiger partial charge in [0.05, 0.1) is 17.1 Å². The number of para-hydroxylation sites is 2. The first-order valence-corrected chi connectivity index (χ1v) is 7.56. The third-order valence-electron chi connectivity index (χ3n) is 3.92. The average Bonchev–Trinajstić information content (AvgIpc) is 3.05. The summed E-state index contributed by atoms with van der Waals surface area (Å²) in [6.45, 7) is 4.88. The van der Waals surface area contributed by atoms with Gasteiger partial charge in [0.1, 0.15) is 0 Å². The normalized spacial score (nSPS) is 16.4. The molecule has 2 aromatic rings. The molecule has 1 saturated heterocycles. The summed E-state index contributed by atoms with van der Waals surface area (Å²) >= 11 is 0. The molecule has 1 aliphatic rings. The Labute approximate surface area is 125 Å². The van der Waals surface area contributed by atoms with Gasteiger partial charge in [-0.15, -0.1) is 0 Å². The number of anilines is 2. The number of nitrogens with zero attached hydrogens (tertiary/aromatic N) is 3. The summed E-state index contributed by atoms with van der Waals surface area (Å²) in [4.78, 5) is 11.9. The van der Waals surface area contributed by atoms with E-state index < -0.39 is 0 Å². The van der Waals surface area contributed by atoms with Gasteiger partial charge in [-0.3, -0.25) is 0 Å². The molecule has 0 bridgehead atoms. The Bertz CT molecular complexity index is 610. The van der Waals surface area contributed by atoms with Gasteiger partial charge in [-0.25, -0.2) is 9.97 Å². The maximum absolute atomic E-state index is 5.30. The Morgan fingerprint density at radius 1 is 1.19 bits per heavy atom. The minimum absolute atomic E-state index is 0.143. The minimum atomic E-state index is 0.143. The molecule has 1 fully saturated rings. The molecule has 21 heavy (non-hydrogen) atoms. The first-order chi connectivity index (χ1) is 10.3. The molecule has 0 radical (unpaired) electrons. The fourth-order valence-electron chi connectivity index (χ4n) is 2.58. The fourth-order valence-corrected chi connectivity index (χ4v) is 2.58. The van der Waals surface area contributed by atoms with E-state index in [-0.39, 0.29) is 6.10 Å². The lowest BCUT2D eigenvalue weighted by Gasteiger charge is -2.21. The van der Waals surface area contributed by atoms with E-state index in [2.05, 4.69) is 10.2 Å². The van der Waals surface area contributed by atoms with E-state index in [1.165, 1.54) is 12.8 Å². The summed E-state index contributed by atoms with van der Waals surface area (Å²) in [6.07, 6.45) is 2.59. The highest BCUT2D eigenvalue weighted by atomic mass is 16.5. The monoisotopic (exact) mass is 286 g/mol. The highest BCUT2D eigenvalue weighted by Crippen LogP contribution is 2.27. The Kier molecular flexibility index (Phi) is 4.20. The fraction of sp³-hybridized carbons (Fsp3) is 0.500. The summed E-state index contributed by atoms with van der Waals surface area (Å²) in [6, 6.07) is 8.02. The van der Waals surface area contributed by atoms with Crippen molar-refractivity contribution < 1.29 is 4.74 Å². The Morgan fingerprint density at radius 3 is 2.52 bits per heavy atom. The van der Waals surface area contributed by atoms with Crippen molar-refractivity contribution in [2.24, 2.45) is 0 Å². The third-order valence-corrected chi connectivity index (χ3v) is 3.92. The predicted octanol–water partition coefficient (Wildman–Crippen LogP) is 2.68. The number of methoxy groups -OCH3 is 1. The van der Waals surface area contributed by atoms with Crippen LogP contribution < -0.4 is 10.2 Å². The van der Waals surface area contributed by atoms with Crippen molar-refractivity contribution in [1.29, 1.82) is 0 Å². The van der Waals surface area contributed by atoms with Crippen molar-refractivity contribution in [3.05, 3.63) is 24.3 Å². The molecule has 5 nitrogen and oxygen atoms in total. The molecule has 2 heterocycles. The number of hydrogen-bond donors (Lipinski definition) is 1. The van der Waals surface area contributed by atoms with Crippen molar-refractivity contribution in [2.45, 2.75) is 25.9 Å². The van der Waals surface area contributed by atoms with Gasteiger partial charge in [-0.1, -0.05) is 12.1 Å². The summed E-state index contributed by atoms with van der Waals surface area (Å²) in [7, 11) is 1.72. The van der Waals surface area contributed by atoms with E-state index in [1.54, 1.807) is 7.11 Å². The third kappa shape index (κ3) is 3.08. The van der Waals surface area contributed by atoms with E-state index in [1.807, 2.05) is 31.2 Å². The van der Waals surface area contributed by atoms with Gasteiger partial charge in [0, 0.05) is 26.7 Å². The lowest BCUT2D eigenvalue weighted by molar-refractivity contribution is 0.128. The van der Waals surface area contributed by atoms with E-state index in [0.29, 0.717) is 0 Å². The molecule has 1 aromatic carbocycles. The Morgan fingerprint density at radius 2 is 1.86 bits per heavy atom. The van der Waals surface area contributed by atoms with Crippen molar-refractivity contribution >= 4 is 22.7 Å². The molecule has 1 aliphatic heterocycles. The number of rotatable bonds is 5. The highest BCUT2D eigenvalue weighted by Gasteiger charge is 2.19. The van der Waals surface area contributed by atoms with Gasteiger partial charge in [-0.2, -0.15) is 0 Å². The number of benzene rings is 1. The molecule has 1 unspecified atom stereocenters. The van der Waals surface area contributed by atoms with Crippen molar-refractivity contribution in [3.8, 4) is 0 Å². The zero-order chi connectivity index (χ0) is 14.7. The molecular formula is C16H22N4O. The number of fused-ring (bicyclic) bond motifs is 1. The highest BCUT2D eigenvalue weighted by molar-refractivity contribution is 5.80. The van der Waals surface area contributed by atoms with E-state index in [4.69, 9.17) is 14.7 Å². The van der Waals surface area contributed by atoms with Crippen LogP contribution in [0.1, 0.15) is 19.8 Å². The Hall–Kier alpha value is -1.88. The standard InChI is InChI=1S/C16H22N4O/c1-12(21-2)11-17-15-16(20-9-5-6-10-20)19-14-8-4-3-7-13(14)18-15/h3-4,7-8,12H,5-6,9-11H2,1-2H3,(H,17,18). The largest absolute Gasteiger partial charge is 0.380 e. The number of ether oxygens (including phenoxy) is 1. The van der Waals surface area contributed by atoms with Crippen molar-refractivity contribution in [3.63, 3.8) is 0 Å². The number of nitrogens with one attached hydrogen (secondary N) is 1. The molecule has 0 amide bonds. The van der Waals surface area contributed by atoms with Crippen molar-refractivity contribution in [1.82, 2.24) is 9.97 Å². The maximum Gasteiger partial charge on any atom is 0.172 e. The topological polar surface area (TPSA) is 50.3 Å². The zero-order valence-electron chi connectivity index (χ0n) is 12.7. The van der Waals surface area contributed by atoms with Crippen molar-refractivity contribution in [2.75, 3.05) is 37.0 Å². The van der Waals surface area contributed by atoms with Gasteiger partial charge < -0.3 is 15.0 Å². The summed E-state index contributed by atoms with van der Waals surface area (Å²) in [5, 5.41) is 3.39. The molecule has 0 aliphatic carbocycles. The molecule has 3 rings (SSSR count). The van der Waals surface area contributed by atoms with Crippen LogP contribution in [0.4, 0.5) is 11.6 Å². The van der Waals surface area contributed by atoms with Crippen LogP contribution in [0.3, 0.4) is 0 Å². The van der Waals surface area contributed by atoms with Crippen LogP contribution in [0.5, 0.6) is 0 Å². The predicted molar refractivity (Wildman–Crippen MR) is 85.9 cm³/mol. The first kappa shape index (κ1) is 14.1. The van der Waals surface area contributed by atoms with Gasteiger partial charge in [-0.05, 0) is 31.9 Å². The van der Waals surface area contributed by atoms with E-state index in [9.17, 15) is 0 Å². The molecule has 5 heteroatoms. The lowest BCUT2D eigenvalue weighted by atomic mass is 10.3. The van der Waals surface area contributed by atoms with Crippen LogP contribution in [0.2, 0.25) is 0 Å². The SMILES string of the molecule is COC(C)CNc1nc2ccccc2nc1N1CCCC1. The van der Waals surface area contributed by atoms with Gasteiger partial charge in [0.15, 0.2) is 11.6 Å². The van der Waals surface area contributed by atoms with Crippen LogP contribution in [-0.2, 0) is 4.74 Å². The molecular weight excluding hydrogens is 264 g/mol. The van der Waals surface area contributed by atoms with Gasteiger partial charge in [0.25, 0.3) is 0 Å². The number of aromatic nitrogens is 2. The first-order valence-electron chi connectivity index (χ1n) is 7.56. The second-order valence-corrected chi connectivity index (χ2v) is 5.51. The smallest absolute Gasteiger partial charge is 0.172 e. The van der Waals surface area contributed by atoms with Gasteiger partial charge in [0.2, 0.25) is 0 Å². The second kappa shape index (κ2) is 6.26. The summed E-state index contributed by atoms with van der Waals surface area (Å²) in [5.41, 5.74) is 1.87. The van der Waals surface area contributed by atoms with Crippen LogP contribution in [0, 0.1) is 0 Å². The second-order valence-electron chi connectivity index (χ2n) is 5.51. The van der Waals surface area contributed by atoms with Crippen LogP contribution in [0.15, 0.2) is 24.3 Å². The zero-order valence-corrected chi connectivity index (χ0v) is 12.7. The molecule has 0 spiro atoms. The molecule has 1 N–H and O–H groups in total. The summed E-state index contributed by atoms with van der Waals surface area (Å²) in [5.74, 6) is 1.83. The lowest BCUT2D eigenvalue weighted by Crippen LogP contribution is -2.24. The maximum atomic E-state index is 5.30. The summed E-state index contributed by atoms with van der Waals surface area (Å²) < 4.78 is 5.30. The number of hydrogen-bond acceptors (Lipinski definition) is 5. The van der Waals surface area contributed by atoms with Gasteiger partial charge >= 0.3 is 0 Å². The van der Waals surface area contributed by atoms with Crippen LogP contribution >= 0.6 is 0 Å². The molecule has 1 atom stereocenters. The average molecular weight is 286 g/mol. The Balaban J connectivity index is 1.95.